The lowest BCUT2D eigenvalue weighted by Gasteiger charge is -2.24. The van der Waals surface area contributed by atoms with Crippen molar-refractivity contribution in [3.8, 4) is 0 Å². The summed E-state index contributed by atoms with van der Waals surface area (Å²) >= 11 is 5.77. The lowest BCUT2D eigenvalue weighted by molar-refractivity contribution is 0.255. The second-order valence-electron chi connectivity index (χ2n) is 5.40. The molecule has 0 saturated heterocycles. The van der Waals surface area contributed by atoms with E-state index < -0.39 is 0 Å². The van der Waals surface area contributed by atoms with Gasteiger partial charge in [0.1, 0.15) is 5.15 Å². The van der Waals surface area contributed by atoms with E-state index in [4.69, 9.17) is 11.6 Å². The first-order chi connectivity index (χ1) is 10.6. The monoisotopic (exact) mass is 325 g/mol. The van der Waals surface area contributed by atoms with Crippen LogP contribution in [0.1, 0.15) is 25.8 Å². The molecule has 0 aromatic carbocycles. The zero-order chi connectivity index (χ0) is 16.4. The van der Waals surface area contributed by atoms with E-state index in [0.717, 1.165) is 37.6 Å². The average molecular weight is 326 g/mol. The van der Waals surface area contributed by atoms with Crippen LogP contribution in [0.15, 0.2) is 23.3 Å². The summed E-state index contributed by atoms with van der Waals surface area (Å²) in [7, 11) is 3.94. The molecular weight excluding hydrogens is 298 g/mol. The molecule has 1 unspecified atom stereocenters. The highest BCUT2D eigenvalue weighted by molar-refractivity contribution is 6.29. The molecule has 1 heterocycles. The van der Waals surface area contributed by atoms with Crippen molar-refractivity contribution < 1.29 is 0 Å². The molecule has 0 fully saturated rings. The fourth-order valence-corrected chi connectivity index (χ4v) is 2.09. The van der Waals surface area contributed by atoms with E-state index in [2.05, 4.69) is 46.4 Å². The number of nitrogens with zero attached hydrogens (tertiary/aromatic N) is 3. The van der Waals surface area contributed by atoms with E-state index in [1.165, 1.54) is 6.42 Å². The van der Waals surface area contributed by atoms with Crippen molar-refractivity contribution in [2.45, 2.75) is 32.7 Å². The molecular formula is C16H28ClN5. The van der Waals surface area contributed by atoms with Crippen LogP contribution in [0.2, 0.25) is 5.15 Å². The standard InChI is InChI=1S/C16H28ClN5/c1-5-13(2)22(4)11-10-20-16(18-3)19-9-8-14-6-7-15(17)21-12-14/h6-7,12-13H,5,8-11H2,1-4H3,(H2,18,19,20). The molecule has 0 spiro atoms. The number of aromatic nitrogens is 1. The van der Waals surface area contributed by atoms with E-state index in [0.29, 0.717) is 11.2 Å². The van der Waals surface area contributed by atoms with Crippen LogP contribution < -0.4 is 10.6 Å². The predicted molar refractivity (Wildman–Crippen MR) is 94.7 cm³/mol. The molecule has 0 amide bonds. The first-order valence-corrected chi connectivity index (χ1v) is 8.19. The van der Waals surface area contributed by atoms with Crippen LogP contribution >= 0.6 is 11.6 Å². The van der Waals surface area contributed by atoms with Crippen LogP contribution in [0, 0.1) is 0 Å². The summed E-state index contributed by atoms with van der Waals surface area (Å²) in [6, 6.07) is 4.41. The molecule has 2 N–H and O–H groups in total. The van der Waals surface area contributed by atoms with E-state index in [1.807, 2.05) is 12.1 Å². The second kappa shape index (κ2) is 10.4. The van der Waals surface area contributed by atoms with Crippen molar-refractivity contribution >= 4 is 17.6 Å². The molecule has 0 aliphatic rings. The minimum absolute atomic E-state index is 0.527. The lowest BCUT2D eigenvalue weighted by atomic mass is 10.2. The molecule has 124 valence electrons. The Balaban J connectivity index is 2.24. The molecule has 1 aromatic rings. The quantitative estimate of drug-likeness (QED) is 0.437. The van der Waals surface area contributed by atoms with E-state index in [1.54, 1.807) is 13.2 Å². The summed E-state index contributed by atoms with van der Waals surface area (Å²) in [5, 5.41) is 7.17. The Labute approximate surface area is 139 Å². The van der Waals surface area contributed by atoms with Crippen molar-refractivity contribution in [1.82, 2.24) is 20.5 Å². The Morgan fingerprint density at radius 1 is 1.36 bits per heavy atom. The van der Waals surface area contributed by atoms with Crippen molar-refractivity contribution in [1.29, 1.82) is 0 Å². The predicted octanol–water partition coefficient (Wildman–Crippen LogP) is 2.17. The topological polar surface area (TPSA) is 52.5 Å². The summed E-state index contributed by atoms with van der Waals surface area (Å²) in [6.45, 7) is 7.14. The van der Waals surface area contributed by atoms with Gasteiger partial charge in [0.05, 0.1) is 0 Å². The third-order valence-corrected chi connectivity index (χ3v) is 4.04. The van der Waals surface area contributed by atoms with Crippen LogP contribution in [0.3, 0.4) is 0 Å². The van der Waals surface area contributed by atoms with Gasteiger partial charge in [-0.05, 0) is 38.4 Å². The van der Waals surface area contributed by atoms with Crippen LogP contribution in [-0.2, 0) is 6.42 Å². The maximum Gasteiger partial charge on any atom is 0.191 e. The molecule has 0 aliphatic heterocycles. The van der Waals surface area contributed by atoms with Gasteiger partial charge in [0.2, 0.25) is 0 Å². The fraction of sp³-hybridized carbons (Fsp3) is 0.625. The number of guanidine groups is 1. The Hall–Kier alpha value is -1.33. The molecule has 1 rings (SSSR count). The highest BCUT2D eigenvalue weighted by Gasteiger charge is 2.06. The van der Waals surface area contributed by atoms with Gasteiger partial charge in [0.25, 0.3) is 0 Å². The third kappa shape index (κ3) is 7.09. The molecule has 0 aliphatic carbocycles. The molecule has 6 heteroatoms. The Bertz CT molecular complexity index is 446. The molecule has 0 saturated carbocycles. The van der Waals surface area contributed by atoms with E-state index >= 15 is 0 Å². The van der Waals surface area contributed by atoms with Crippen molar-refractivity contribution in [2.75, 3.05) is 33.7 Å². The molecule has 1 aromatic heterocycles. The molecule has 0 bridgehead atoms. The van der Waals surface area contributed by atoms with Crippen LogP contribution in [-0.4, -0.2) is 55.6 Å². The smallest absolute Gasteiger partial charge is 0.191 e. The minimum atomic E-state index is 0.527. The zero-order valence-electron chi connectivity index (χ0n) is 14.1. The first kappa shape index (κ1) is 18.7. The maximum absolute atomic E-state index is 5.77. The van der Waals surface area contributed by atoms with Gasteiger partial charge in [-0.1, -0.05) is 24.6 Å². The number of pyridine rings is 1. The molecule has 5 nitrogen and oxygen atoms in total. The minimum Gasteiger partial charge on any atom is -0.356 e. The second-order valence-corrected chi connectivity index (χ2v) is 5.79. The van der Waals surface area contributed by atoms with Crippen LogP contribution in [0.25, 0.3) is 0 Å². The van der Waals surface area contributed by atoms with Gasteiger partial charge in [0, 0.05) is 38.9 Å². The van der Waals surface area contributed by atoms with Gasteiger partial charge in [-0.3, -0.25) is 4.99 Å². The SMILES string of the molecule is CCC(C)N(C)CCNC(=NC)NCCc1ccc(Cl)nc1. The van der Waals surface area contributed by atoms with Gasteiger partial charge >= 0.3 is 0 Å². The van der Waals surface area contributed by atoms with Crippen LogP contribution in [0.5, 0.6) is 0 Å². The normalized spacial score (nSPS) is 13.3. The lowest BCUT2D eigenvalue weighted by Crippen LogP contribution is -2.42. The number of rotatable bonds is 8. The number of aliphatic imine (C=N–C) groups is 1. The number of nitrogens with one attached hydrogen (secondary N) is 2. The van der Waals surface area contributed by atoms with Gasteiger partial charge in [-0.15, -0.1) is 0 Å². The van der Waals surface area contributed by atoms with Gasteiger partial charge in [-0.2, -0.15) is 0 Å². The zero-order valence-corrected chi connectivity index (χ0v) is 14.8. The molecule has 0 radical (unpaired) electrons. The number of hydrogen-bond acceptors (Lipinski definition) is 3. The number of likely N-dealkylation sites (N-methyl/N-ethyl adjacent to an activating group) is 1. The number of hydrogen-bond donors (Lipinski definition) is 2. The Morgan fingerprint density at radius 2 is 2.09 bits per heavy atom. The van der Waals surface area contributed by atoms with Crippen molar-refractivity contribution in [3.63, 3.8) is 0 Å². The van der Waals surface area contributed by atoms with Gasteiger partial charge in [0.15, 0.2) is 5.96 Å². The van der Waals surface area contributed by atoms with E-state index in [9.17, 15) is 0 Å². The first-order valence-electron chi connectivity index (χ1n) is 7.82. The largest absolute Gasteiger partial charge is 0.356 e. The Kier molecular flexibility index (Phi) is 8.85. The molecule has 1 atom stereocenters. The Morgan fingerprint density at radius 3 is 2.68 bits per heavy atom. The summed E-state index contributed by atoms with van der Waals surface area (Å²) in [6.07, 6.45) is 3.86. The highest BCUT2D eigenvalue weighted by atomic mass is 35.5. The van der Waals surface area contributed by atoms with Crippen molar-refractivity contribution in [3.05, 3.63) is 29.0 Å². The summed E-state index contributed by atoms with van der Waals surface area (Å²) in [5.41, 5.74) is 1.16. The summed E-state index contributed by atoms with van der Waals surface area (Å²) in [4.78, 5) is 10.7. The van der Waals surface area contributed by atoms with Gasteiger partial charge < -0.3 is 15.5 Å². The average Bonchev–Trinajstić information content (AvgIpc) is 2.54. The summed E-state index contributed by atoms with van der Waals surface area (Å²) < 4.78 is 0. The maximum atomic E-state index is 5.77. The van der Waals surface area contributed by atoms with E-state index in [-0.39, 0.29) is 0 Å². The molecule has 22 heavy (non-hydrogen) atoms. The fourth-order valence-electron chi connectivity index (χ4n) is 1.98. The van der Waals surface area contributed by atoms with Gasteiger partial charge in [-0.25, -0.2) is 4.98 Å². The van der Waals surface area contributed by atoms with Crippen molar-refractivity contribution in [2.24, 2.45) is 4.99 Å². The number of halogens is 1. The van der Waals surface area contributed by atoms with Crippen LogP contribution in [0.4, 0.5) is 0 Å². The third-order valence-electron chi connectivity index (χ3n) is 3.82. The summed E-state index contributed by atoms with van der Waals surface area (Å²) in [5.74, 6) is 0.833. The highest BCUT2D eigenvalue weighted by Crippen LogP contribution is 2.05.